The quantitative estimate of drug-likeness (QED) is 0.803. The molecule has 2 N–H and O–H groups in total. The molecule has 0 bridgehead atoms. The van der Waals surface area contributed by atoms with Gasteiger partial charge in [-0.2, -0.15) is 4.72 Å². The van der Waals surface area contributed by atoms with E-state index in [4.69, 9.17) is 4.74 Å². The van der Waals surface area contributed by atoms with Crippen molar-refractivity contribution >= 4 is 16.0 Å². The first-order chi connectivity index (χ1) is 10.9. The molecular formula is C16H17NO5S. The van der Waals surface area contributed by atoms with Gasteiger partial charge in [-0.15, -0.1) is 0 Å². The van der Waals surface area contributed by atoms with E-state index in [0.29, 0.717) is 5.75 Å². The van der Waals surface area contributed by atoms with Gasteiger partial charge in [0.25, 0.3) is 0 Å². The van der Waals surface area contributed by atoms with Gasteiger partial charge in [-0.1, -0.05) is 36.4 Å². The van der Waals surface area contributed by atoms with Crippen molar-refractivity contribution < 1.29 is 23.1 Å². The zero-order valence-corrected chi connectivity index (χ0v) is 13.3. The lowest BCUT2D eigenvalue weighted by Crippen LogP contribution is -2.42. The Morgan fingerprint density at radius 3 is 2.48 bits per heavy atom. The highest BCUT2D eigenvalue weighted by molar-refractivity contribution is 7.89. The van der Waals surface area contributed by atoms with Crippen molar-refractivity contribution in [1.82, 2.24) is 4.72 Å². The summed E-state index contributed by atoms with van der Waals surface area (Å²) >= 11 is 0. The molecule has 7 heteroatoms. The minimum Gasteiger partial charge on any atom is -0.497 e. The Morgan fingerprint density at radius 1 is 1.17 bits per heavy atom. The van der Waals surface area contributed by atoms with Crippen molar-refractivity contribution in [3.63, 3.8) is 0 Å². The number of carbonyl (C=O) groups is 1. The third-order valence-corrected chi connectivity index (χ3v) is 4.70. The number of hydrogen-bond acceptors (Lipinski definition) is 4. The number of benzene rings is 2. The van der Waals surface area contributed by atoms with Gasteiger partial charge in [0.2, 0.25) is 10.0 Å². The number of rotatable bonds is 7. The van der Waals surface area contributed by atoms with Gasteiger partial charge in [0.1, 0.15) is 11.8 Å². The van der Waals surface area contributed by atoms with Crippen molar-refractivity contribution in [1.29, 1.82) is 0 Å². The Balaban J connectivity index is 2.22. The van der Waals surface area contributed by atoms with Crippen molar-refractivity contribution in [2.75, 3.05) is 7.11 Å². The molecule has 2 aromatic carbocycles. The van der Waals surface area contributed by atoms with E-state index in [9.17, 15) is 18.3 Å². The first kappa shape index (κ1) is 17.0. The second kappa shape index (κ2) is 7.26. The second-order valence-electron chi connectivity index (χ2n) is 4.88. The summed E-state index contributed by atoms with van der Waals surface area (Å²) in [6.07, 6.45) is 0.0549. The van der Waals surface area contributed by atoms with Gasteiger partial charge >= 0.3 is 5.97 Å². The van der Waals surface area contributed by atoms with E-state index < -0.39 is 22.0 Å². The third kappa shape index (κ3) is 4.54. The van der Waals surface area contributed by atoms with Crippen LogP contribution < -0.4 is 9.46 Å². The van der Waals surface area contributed by atoms with E-state index in [1.165, 1.54) is 25.3 Å². The maximum atomic E-state index is 12.4. The smallest absolute Gasteiger partial charge is 0.322 e. The summed E-state index contributed by atoms with van der Waals surface area (Å²) in [4.78, 5) is 11.3. The van der Waals surface area contributed by atoms with Crippen LogP contribution in [0.25, 0.3) is 0 Å². The monoisotopic (exact) mass is 335 g/mol. The summed E-state index contributed by atoms with van der Waals surface area (Å²) in [6.45, 7) is 0. The van der Waals surface area contributed by atoms with Crippen LogP contribution in [0.4, 0.5) is 0 Å². The molecule has 2 aromatic rings. The SMILES string of the molecule is COc1cccc(S(=O)(=O)N[C@@H](Cc2ccccc2)C(=O)O)c1. The standard InChI is InChI=1S/C16H17NO5S/c1-22-13-8-5-9-14(11-13)23(20,21)17-15(16(18)19)10-12-6-3-2-4-7-12/h2-9,11,15,17H,10H2,1H3,(H,18,19)/t15-/m0/s1. The van der Waals surface area contributed by atoms with Crippen molar-refractivity contribution in [3.05, 3.63) is 60.2 Å². The van der Waals surface area contributed by atoms with E-state index in [1.54, 1.807) is 36.4 Å². The number of aliphatic carboxylic acids is 1. The second-order valence-corrected chi connectivity index (χ2v) is 6.59. The van der Waals surface area contributed by atoms with Crippen LogP contribution in [-0.2, 0) is 21.2 Å². The van der Waals surface area contributed by atoms with Crippen LogP contribution in [-0.4, -0.2) is 32.6 Å². The van der Waals surface area contributed by atoms with Gasteiger partial charge in [-0.3, -0.25) is 4.79 Å². The first-order valence-corrected chi connectivity index (χ1v) is 8.34. The lowest BCUT2D eigenvalue weighted by Gasteiger charge is -2.15. The minimum absolute atomic E-state index is 0.0452. The minimum atomic E-state index is -3.97. The van der Waals surface area contributed by atoms with Gasteiger partial charge in [-0.25, -0.2) is 8.42 Å². The number of nitrogens with one attached hydrogen (secondary N) is 1. The fourth-order valence-electron chi connectivity index (χ4n) is 2.05. The van der Waals surface area contributed by atoms with E-state index in [2.05, 4.69) is 4.72 Å². The van der Waals surface area contributed by atoms with E-state index in [-0.39, 0.29) is 11.3 Å². The molecule has 0 aliphatic rings. The molecule has 23 heavy (non-hydrogen) atoms. The molecule has 0 aliphatic carbocycles. The van der Waals surface area contributed by atoms with Gasteiger partial charge < -0.3 is 9.84 Å². The average Bonchev–Trinajstić information content (AvgIpc) is 2.55. The summed E-state index contributed by atoms with van der Waals surface area (Å²) in [6, 6.07) is 13.4. The van der Waals surface area contributed by atoms with Crippen molar-refractivity contribution in [3.8, 4) is 5.75 Å². The fraction of sp³-hybridized carbons (Fsp3) is 0.188. The van der Waals surface area contributed by atoms with Gasteiger partial charge in [-0.05, 0) is 24.1 Å². The van der Waals surface area contributed by atoms with E-state index >= 15 is 0 Å². The maximum Gasteiger partial charge on any atom is 0.322 e. The maximum absolute atomic E-state index is 12.4. The molecular weight excluding hydrogens is 318 g/mol. The Hall–Kier alpha value is -2.38. The van der Waals surface area contributed by atoms with Gasteiger partial charge in [0.15, 0.2) is 0 Å². The van der Waals surface area contributed by atoms with Crippen LogP contribution in [0.1, 0.15) is 5.56 Å². The highest BCUT2D eigenvalue weighted by atomic mass is 32.2. The Kier molecular flexibility index (Phi) is 5.36. The van der Waals surface area contributed by atoms with Crippen LogP contribution in [0, 0.1) is 0 Å². The topological polar surface area (TPSA) is 92.7 Å². The largest absolute Gasteiger partial charge is 0.497 e. The zero-order chi connectivity index (χ0) is 16.9. The predicted octanol–water partition coefficient (Wildman–Crippen LogP) is 1.67. The van der Waals surface area contributed by atoms with Crippen LogP contribution in [0.5, 0.6) is 5.75 Å². The lowest BCUT2D eigenvalue weighted by atomic mass is 10.1. The van der Waals surface area contributed by atoms with E-state index in [1.807, 2.05) is 0 Å². The first-order valence-electron chi connectivity index (χ1n) is 6.85. The highest BCUT2D eigenvalue weighted by Crippen LogP contribution is 2.17. The summed E-state index contributed by atoms with van der Waals surface area (Å²) in [5.41, 5.74) is 0.730. The molecule has 0 saturated carbocycles. The molecule has 6 nitrogen and oxygen atoms in total. The molecule has 0 amide bonds. The summed E-state index contributed by atoms with van der Waals surface area (Å²) in [7, 11) is -2.54. The number of ether oxygens (including phenoxy) is 1. The number of carboxylic acid groups (broad SMARTS) is 1. The van der Waals surface area contributed by atoms with Crippen LogP contribution in [0.3, 0.4) is 0 Å². The number of carboxylic acids is 1. The Bertz CT molecular complexity index is 774. The van der Waals surface area contributed by atoms with Gasteiger partial charge in [0, 0.05) is 6.07 Å². The van der Waals surface area contributed by atoms with Crippen molar-refractivity contribution in [2.24, 2.45) is 0 Å². The molecule has 0 fully saturated rings. The molecule has 0 spiro atoms. The molecule has 122 valence electrons. The summed E-state index contributed by atoms with van der Waals surface area (Å²) in [5.74, 6) is -0.858. The Labute approximate surface area is 134 Å². The number of sulfonamides is 1. The Morgan fingerprint density at radius 2 is 1.87 bits per heavy atom. The van der Waals surface area contributed by atoms with Crippen LogP contribution in [0.2, 0.25) is 0 Å². The molecule has 0 aliphatic heterocycles. The normalized spacial score (nSPS) is 12.6. The number of hydrogen-bond donors (Lipinski definition) is 2. The molecule has 0 radical (unpaired) electrons. The summed E-state index contributed by atoms with van der Waals surface area (Å²) in [5, 5.41) is 9.29. The lowest BCUT2D eigenvalue weighted by molar-refractivity contribution is -0.138. The zero-order valence-electron chi connectivity index (χ0n) is 12.5. The van der Waals surface area contributed by atoms with E-state index in [0.717, 1.165) is 5.56 Å². The molecule has 1 atom stereocenters. The predicted molar refractivity (Wildman–Crippen MR) is 84.9 cm³/mol. The molecule has 0 aromatic heterocycles. The highest BCUT2D eigenvalue weighted by Gasteiger charge is 2.25. The van der Waals surface area contributed by atoms with Crippen molar-refractivity contribution in [2.45, 2.75) is 17.4 Å². The fourth-order valence-corrected chi connectivity index (χ4v) is 3.28. The van der Waals surface area contributed by atoms with Crippen LogP contribution >= 0.6 is 0 Å². The summed E-state index contributed by atoms with van der Waals surface area (Å²) < 4.78 is 32.0. The molecule has 0 heterocycles. The van der Waals surface area contributed by atoms with Crippen LogP contribution in [0.15, 0.2) is 59.5 Å². The molecule has 0 saturated heterocycles. The van der Waals surface area contributed by atoms with Gasteiger partial charge in [0.05, 0.1) is 12.0 Å². The number of methoxy groups -OCH3 is 1. The molecule has 0 unspecified atom stereocenters. The molecule has 2 rings (SSSR count). The average molecular weight is 335 g/mol. The third-order valence-electron chi connectivity index (χ3n) is 3.23.